The lowest BCUT2D eigenvalue weighted by atomic mass is 9.92. The summed E-state index contributed by atoms with van der Waals surface area (Å²) in [7, 11) is 0. The molecule has 0 aliphatic carbocycles. The highest BCUT2D eigenvalue weighted by Crippen LogP contribution is 2.30. The Morgan fingerprint density at radius 1 is 1.32 bits per heavy atom. The Morgan fingerprint density at radius 2 is 2.00 bits per heavy atom. The van der Waals surface area contributed by atoms with Gasteiger partial charge in [0.25, 0.3) is 0 Å². The molecular weight excluding hydrogens is 258 g/mol. The van der Waals surface area contributed by atoms with Gasteiger partial charge in [-0.3, -0.25) is 4.79 Å². The van der Waals surface area contributed by atoms with E-state index in [1.807, 2.05) is 24.3 Å². The Bertz CT molecular complexity index is 503. The molecule has 0 radical (unpaired) electrons. The summed E-state index contributed by atoms with van der Waals surface area (Å²) in [6, 6.07) is 8.13. The third-order valence-electron chi connectivity index (χ3n) is 3.76. The Labute approximate surface area is 118 Å². The first kappa shape index (κ1) is 13.8. The molecule has 1 amide bonds. The van der Waals surface area contributed by atoms with Crippen LogP contribution in [0.5, 0.6) is 0 Å². The van der Waals surface area contributed by atoms with Gasteiger partial charge in [-0.15, -0.1) is 0 Å². The fraction of sp³-hybridized carbons (Fsp3) is 0.429. The van der Waals surface area contributed by atoms with E-state index in [0.29, 0.717) is 17.6 Å². The molecule has 2 rings (SSSR count). The van der Waals surface area contributed by atoms with Gasteiger partial charge < -0.3 is 16.4 Å². The van der Waals surface area contributed by atoms with Crippen LogP contribution in [0.3, 0.4) is 0 Å². The van der Waals surface area contributed by atoms with Gasteiger partial charge in [0, 0.05) is 23.8 Å². The highest BCUT2D eigenvalue weighted by atomic mass is 32.1. The lowest BCUT2D eigenvalue weighted by Gasteiger charge is -2.39. The first-order chi connectivity index (χ1) is 9.00. The monoisotopic (exact) mass is 277 g/mol. The number of thiocarbonyl (C=S) groups is 1. The van der Waals surface area contributed by atoms with Crippen molar-refractivity contribution < 1.29 is 4.79 Å². The van der Waals surface area contributed by atoms with Crippen LogP contribution in [0.2, 0.25) is 0 Å². The molecule has 1 aromatic rings. The first-order valence-electron chi connectivity index (χ1n) is 6.45. The molecule has 2 atom stereocenters. The summed E-state index contributed by atoms with van der Waals surface area (Å²) in [6.07, 6.45) is 1.79. The average Bonchev–Trinajstić information content (AvgIpc) is 2.39. The molecule has 5 heteroatoms. The molecule has 19 heavy (non-hydrogen) atoms. The van der Waals surface area contributed by atoms with E-state index in [1.165, 1.54) is 0 Å². The highest BCUT2D eigenvalue weighted by molar-refractivity contribution is 7.80. The van der Waals surface area contributed by atoms with Crippen LogP contribution in [0, 0.1) is 5.92 Å². The average molecular weight is 277 g/mol. The number of para-hydroxylation sites is 1. The molecule has 1 aromatic carbocycles. The minimum Gasteiger partial charge on any atom is -0.389 e. The van der Waals surface area contributed by atoms with Crippen LogP contribution < -0.4 is 16.4 Å². The Morgan fingerprint density at radius 3 is 2.63 bits per heavy atom. The van der Waals surface area contributed by atoms with E-state index in [-0.39, 0.29) is 11.8 Å². The predicted molar refractivity (Wildman–Crippen MR) is 81.1 cm³/mol. The van der Waals surface area contributed by atoms with E-state index in [4.69, 9.17) is 23.7 Å². The fourth-order valence-electron chi connectivity index (χ4n) is 2.61. The molecule has 0 bridgehead atoms. The molecule has 1 heterocycles. The van der Waals surface area contributed by atoms with Crippen LogP contribution in [-0.4, -0.2) is 23.5 Å². The van der Waals surface area contributed by atoms with Crippen LogP contribution in [0.4, 0.5) is 5.69 Å². The van der Waals surface area contributed by atoms with Crippen molar-refractivity contribution in [3.63, 3.8) is 0 Å². The van der Waals surface area contributed by atoms with Gasteiger partial charge in [-0.2, -0.15) is 0 Å². The second-order valence-corrected chi connectivity index (χ2v) is 5.50. The zero-order chi connectivity index (χ0) is 14.0. The maximum absolute atomic E-state index is 11.4. The van der Waals surface area contributed by atoms with Gasteiger partial charge in [0.05, 0.1) is 5.92 Å². The number of nitrogens with two attached hydrogens (primary N) is 2. The number of rotatable bonds is 3. The summed E-state index contributed by atoms with van der Waals surface area (Å²) < 4.78 is 0. The van der Waals surface area contributed by atoms with E-state index in [1.54, 1.807) is 0 Å². The van der Waals surface area contributed by atoms with Crippen LogP contribution in [0.25, 0.3) is 0 Å². The first-order valence-corrected chi connectivity index (χ1v) is 6.86. The summed E-state index contributed by atoms with van der Waals surface area (Å²) in [5, 5.41) is 0. The molecule has 0 aromatic heterocycles. The lowest BCUT2D eigenvalue weighted by Crippen LogP contribution is -2.46. The number of hydrogen-bond donors (Lipinski definition) is 2. The predicted octanol–water partition coefficient (Wildman–Crippen LogP) is 1.41. The standard InChI is InChI=1S/C14H19N3OS/c1-9-6-7-10(13(15)18)8-17(9)12-5-3-2-4-11(12)14(16)19/h2-5,9-10H,6-8H2,1H3,(H2,15,18)(H2,16,19). The quantitative estimate of drug-likeness (QED) is 0.819. The van der Waals surface area contributed by atoms with Gasteiger partial charge in [0.15, 0.2) is 0 Å². The zero-order valence-electron chi connectivity index (χ0n) is 11.0. The number of hydrogen-bond acceptors (Lipinski definition) is 3. The minimum atomic E-state index is -0.232. The number of nitrogens with zero attached hydrogens (tertiary/aromatic N) is 1. The van der Waals surface area contributed by atoms with Crippen molar-refractivity contribution >= 4 is 28.8 Å². The van der Waals surface area contributed by atoms with Crippen LogP contribution >= 0.6 is 12.2 Å². The maximum atomic E-state index is 11.4. The summed E-state index contributed by atoms with van der Waals surface area (Å²) in [4.78, 5) is 14.0. The highest BCUT2D eigenvalue weighted by Gasteiger charge is 2.29. The van der Waals surface area contributed by atoms with Crippen molar-refractivity contribution in [2.75, 3.05) is 11.4 Å². The molecule has 1 aliphatic heterocycles. The molecule has 0 saturated carbocycles. The molecule has 1 fully saturated rings. The topological polar surface area (TPSA) is 72.4 Å². The largest absolute Gasteiger partial charge is 0.389 e. The second-order valence-electron chi connectivity index (χ2n) is 5.06. The third-order valence-corrected chi connectivity index (χ3v) is 3.98. The van der Waals surface area contributed by atoms with Gasteiger partial charge in [0.2, 0.25) is 5.91 Å². The van der Waals surface area contributed by atoms with E-state index in [0.717, 1.165) is 24.1 Å². The van der Waals surface area contributed by atoms with E-state index >= 15 is 0 Å². The second kappa shape index (κ2) is 5.57. The van der Waals surface area contributed by atoms with Crippen LogP contribution in [-0.2, 0) is 4.79 Å². The number of anilines is 1. The van der Waals surface area contributed by atoms with Gasteiger partial charge in [-0.25, -0.2) is 0 Å². The van der Waals surface area contributed by atoms with E-state index in [2.05, 4.69) is 11.8 Å². The van der Waals surface area contributed by atoms with E-state index < -0.39 is 0 Å². The van der Waals surface area contributed by atoms with Gasteiger partial charge in [0.1, 0.15) is 4.99 Å². The Balaban J connectivity index is 2.33. The van der Waals surface area contributed by atoms with Crippen molar-refractivity contribution in [2.45, 2.75) is 25.8 Å². The number of amides is 1. The summed E-state index contributed by atoms with van der Waals surface area (Å²) in [6.45, 7) is 2.78. The molecule has 1 aliphatic rings. The third kappa shape index (κ3) is 2.87. The molecule has 4 N–H and O–H groups in total. The zero-order valence-corrected chi connectivity index (χ0v) is 11.8. The van der Waals surface area contributed by atoms with Gasteiger partial charge in [-0.1, -0.05) is 24.4 Å². The molecule has 102 valence electrons. The SMILES string of the molecule is CC1CCC(C(N)=O)CN1c1ccccc1C(N)=S. The summed E-state index contributed by atoms with van der Waals surface area (Å²) in [5.41, 5.74) is 13.1. The van der Waals surface area contributed by atoms with Crippen molar-refractivity contribution in [1.29, 1.82) is 0 Å². The molecule has 1 saturated heterocycles. The number of carbonyl (C=O) groups is 1. The number of carbonyl (C=O) groups excluding carboxylic acids is 1. The van der Waals surface area contributed by atoms with Crippen molar-refractivity contribution in [3.8, 4) is 0 Å². The van der Waals surface area contributed by atoms with Gasteiger partial charge in [-0.05, 0) is 31.9 Å². The summed E-state index contributed by atoms with van der Waals surface area (Å²) in [5.74, 6) is -0.333. The fourth-order valence-corrected chi connectivity index (χ4v) is 2.78. The van der Waals surface area contributed by atoms with Crippen molar-refractivity contribution in [1.82, 2.24) is 0 Å². The number of primary amides is 1. The minimum absolute atomic E-state index is 0.101. The smallest absolute Gasteiger partial charge is 0.222 e. The lowest BCUT2D eigenvalue weighted by molar-refractivity contribution is -0.122. The molecule has 0 spiro atoms. The Hall–Kier alpha value is -1.62. The number of benzene rings is 1. The van der Waals surface area contributed by atoms with Crippen molar-refractivity contribution in [3.05, 3.63) is 29.8 Å². The molecule has 2 unspecified atom stereocenters. The van der Waals surface area contributed by atoms with Gasteiger partial charge >= 0.3 is 0 Å². The summed E-state index contributed by atoms with van der Waals surface area (Å²) >= 11 is 5.10. The Kier molecular flexibility index (Phi) is 4.04. The van der Waals surface area contributed by atoms with Crippen LogP contribution in [0.1, 0.15) is 25.3 Å². The van der Waals surface area contributed by atoms with Crippen LogP contribution in [0.15, 0.2) is 24.3 Å². The normalized spacial score (nSPS) is 23.1. The van der Waals surface area contributed by atoms with E-state index in [9.17, 15) is 4.79 Å². The molecular formula is C14H19N3OS. The molecule has 4 nitrogen and oxygen atoms in total. The number of piperidine rings is 1. The van der Waals surface area contributed by atoms with Crippen molar-refractivity contribution in [2.24, 2.45) is 17.4 Å². The maximum Gasteiger partial charge on any atom is 0.222 e.